The van der Waals surface area contributed by atoms with Crippen molar-refractivity contribution in [3.8, 4) is 0 Å². The predicted molar refractivity (Wildman–Crippen MR) is 104 cm³/mol. The lowest BCUT2D eigenvalue weighted by molar-refractivity contribution is 0.656. The van der Waals surface area contributed by atoms with Crippen LogP contribution in [0.15, 0.2) is 44.5 Å². The van der Waals surface area contributed by atoms with Crippen molar-refractivity contribution in [1.82, 2.24) is 23.1 Å². The number of rotatable bonds is 3. The summed E-state index contributed by atoms with van der Waals surface area (Å²) in [6, 6.07) is 7.57. The van der Waals surface area contributed by atoms with Crippen LogP contribution in [-0.4, -0.2) is 23.1 Å². The van der Waals surface area contributed by atoms with Crippen LogP contribution in [0.4, 0.5) is 0 Å². The van der Waals surface area contributed by atoms with Gasteiger partial charge in [-0.2, -0.15) is 4.98 Å². The minimum Gasteiger partial charge on any atom is -0.314 e. The number of halogens is 1. The first-order chi connectivity index (χ1) is 12.4. The van der Waals surface area contributed by atoms with E-state index in [-0.39, 0.29) is 17.8 Å². The monoisotopic (exact) mass is 415 g/mol. The van der Waals surface area contributed by atoms with Crippen molar-refractivity contribution in [1.29, 1.82) is 0 Å². The normalized spacial score (nSPS) is 11.7. The molecule has 0 aliphatic rings. The van der Waals surface area contributed by atoms with Crippen LogP contribution in [0.25, 0.3) is 16.9 Å². The standard InChI is InChI=1S/C18H18BrN5O2/c1-4-22-11(2)9-23-14-15(20-17(22)23)21(3)18(26)24(16(14)25)10-12-5-7-13(19)8-6-12/h5-9H,4,10H2,1-3H3. The molecule has 0 radical (unpaired) electrons. The van der Waals surface area contributed by atoms with Gasteiger partial charge in [0, 0.05) is 30.0 Å². The van der Waals surface area contributed by atoms with Gasteiger partial charge in [0.1, 0.15) is 0 Å². The van der Waals surface area contributed by atoms with Gasteiger partial charge in [-0.1, -0.05) is 28.1 Å². The fourth-order valence-electron chi connectivity index (χ4n) is 3.36. The Morgan fingerprint density at radius 1 is 1.12 bits per heavy atom. The van der Waals surface area contributed by atoms with E-state index in [1.807, 2.05) is 48.9 Å². The van der Waals surface area contributed by atoms with Crippen LogP contribution in [0.5, 0.6) is 0 Å². The Hall–Kier alpha value is -2.61. The molecule has 8 heteroatoms. The Morgan fingerprint density at radius 2 is 1.81 bits per heavy atom. The van der Waals surface area contributed by atoms with E-state index in [9.17, 15) is 9.59 Å². The summed E-state index contributed by atoms with van der Waals surface area (Å²) in [4.78, 5) is 30.4. The molecule has 26 heavy (non-hydrogen) atoms. The molecule has 0 unspecified atom stereocenters. The van der Waals surface area contributed by atoms with Crippen LogP contribution < -0.4 is 11.2 Å². The van der Waals surface area contributed by atoms with Crippen molar-refractivity contribution in [3.63, 3.8) is 0 Å². The van der Waals surface area contributed by atoms with Crippen molar-refractivity contribution in [3.05, 3.63) is 67.0 Å². The first kappa shape index (κ1) is 16.8. The first-order valence-corrected chi connectivity index (χ1v) is 9.13. The van der Waals surface area contributed by atoms with E-state index in [1.54, 1.807) is 11.4 Å². The molecule has 0 saturated carbocycles. The van der Waals surface area contributed by atoms with Crippen molar-refractivity contribution in [2.45, 2.75) is 26.9 Å². The van der Waals surface area contributed by atoms with Crippen LogP contribution in [0.3, 0.4) is 0 Å². The molecule has 0 aliphatic heterocycles. The molecule has 0 aliphatic carbocycles. The predicted octanol–water partition coefficient (Wildman–Crippen LogP) is 2.29. The van der Waals surface area contributed by atoms with E-state index < -0.39 is 0 Å². The largest absolute Gasteiger partial charge is 0.332 e. The van der Waals surface area contributed by atoms with Gasteiger partial charge < -0.3 is 4.57 Å². The molecule has 0 atom stereocenters. The quantitative estimate of drug-likeness (QED) is 0.515. The summed E-state index contributed by atoms with van der Waals surface area (Å²) >= 11 is 3.39. The Bertz CT molecular complexity index is 1260. The number of aromatic nitrogens is 5. The SMILES string of the molecule is CCn1c(C)cn2c3c(=O)n(Cc4ccc(Br)cc4)c(=O)n(C)c3nc12. The zero-order valence-electron chi connectivity index (χ0n) is 14.7. The van der Waals surface area contributed by atoms with Crippen LogP contribution >= 0.6 is 15.9 Å². The summed E-state index contributed by atoms with van der Waals surface area (Å²) in [6.45, 7) is 4.96. The lowest BCUT2D eigenvalue weighted by atomic mass is 10.2. The number of benzene rings is 1. The third kappa shape index (κ3) is 2.36. The van der Waals surface area contributed by atoms with Crippen LogP contribution in [-0.2, 0) is 20.1 Å². The number of imidazole rings is 2. The third-order valence-electron chi connectivity index (χ3n) is 4.71. The first-order valence-electron chi connectivity index (χ1n) is 8.34. The molecular formula is C18H18BrN5O2. The number of aryl methyl sites for hydroxylation is 3. The lowest BCUT2D eigenvalue weighted by Gasteiger charge is -2.08. The second-order valence-corrected chi connectivity index (χ2v) is 7.24. The summed E-state index contributed by atoms with van der Waals surface area (Å²) in [5.74, 6) is 0.675. The van der Waals surface area contributed by atoms with Gasteiger partial charge in [-0.3, -0.25) is 18.3 Å². The minimum absolute atomic E-state index is 0.218. The summed E-state index contributed by atoms with van der Waals surface area (Å²) in [5, 5.41) is 0. The van der Waals surface area contributed by atoms with Gasteiger partial charge in [0.2, 0.25) is 5.78 Å². The molecule has 134 valence electrons. The summed E-state index contributed by atoms with van der Waals surface area (Å²) in [6.07, 6.45) is 1.89. The van der Waals surface area contributed by atoms with Crippen LogP contribution in [0, 0.1) is 6.92 Å². The molecule has 0 saturated heterocycles. The van der Waals surface area contributed by atoms with E-state index in [4.69, 9.17) is 0 Å². The maximum Gasteiger partial charge on any atom is 0.332 e. The highest BCUT2D eigenvalue weighted by atomic mass is 79.9. The average Bonchev–Trinajstić information content (AvgIpc) is 3.12. The molecule has 0 spiro atoms. The molecule has 3 aromatic heterocycles. The third-order valence-corrected chi connectivity index (χ3v) is 5.24. The Balaban J connectivity index is 2.02. The fraction of sp³-hybridized carbons (Fsp3) is 0.278. The van der Waals surface area contributed by atoms with E-state index in [1.165, 1.54) is 9.13 Å². The van der Waals surface area contributed by atoms with Gasteiger partial charge in [-0.05, 0) is 31.5 Å². The minimum atomic E-state index is -0.369. The van der Waals surface area contributed by atoms with Crippen molar-refractivity contribution < 1.29 is 0 Å². The van der Waals surface area contributed by atoms with E-state index in [0.717, 1.165) is 22.3 Å². The molecular weight excluding hydrogens is 398 g/mol. The highest BCUT2D eigenvalue weighted by molar-refractivity contribution is 9.10. The van der Waals surface area contributed by atoms with Gasteiger partial charge >= 0.3 is 5.69 Å². The maximum absolute atomic E-state index is 13.1. The smallest absolute Gasteiger partial charge is 0.314 e. The molecule has 0 amide bonds. The number of fused-ring (bicyclic) bond motifs is 3. The van der Waals surface area contributed by atoms with Gasteiger partial charge in [0.15, 0.2) is 11.2 Å². The van der Waals surface area contributed by atoms with Crippen molar-refractivity contribution in [2.24, 2.45) is 7.05 Å². The maximum atomic E-state index is 13.1. The zero-order valence-corrected chi connectivity index (χ0v) is 16.3. The Labute approximate surface area is 157 Å². The van der Waals surface area contributed by atoms with Gasteiger partial charge in [-0.15, -0.1) is 0 Å². The highest BCUT2D eigenvalue weighted by Gasteiger charge is 2.19. The second-order valence-electron chi connectivity index (χ2n) is 6.33. The van der Waals surface area contributed by atoms with Crippen LogP contribution in [0.2, 0.25) is 0 Å². The number of hydrogen-bond donors (Lipinski definition) is 0. The van der Waals surface area contributed by atoms with Gasteiger partial charge in [-0.25, -0.2) is 4.79 Å². The molecule has 0 fully saturated rings. The Morgan fingerprint density at radius 3 is 2.46 bits per heavy atom. The molecule has 4 aromatic rings. The fourth-order valence-corrected chi connectivity index (χ4v) is 3.62. The molecule has 3 heterocycles. The van der Waals surface area contributed by atoms with E-state index in [2.05, 4.69) is 20.9 Å². The highest BCUT2D eigenvalue weighted by Crippen LogP contribution is 2.16. The molecule has 4 rings (SSSR count). The molecule has 0 N–H and O–H groups in total. The second kappa shape index (κ2) is 5.98. The topological polar surface area (TPSA) is 66.2 Å². The van der Waals surface area contributed by atoms with E-state index >= 15 is 0 Å². The lowest BCUT2D eigenvalue weighted by Crippen LogP contribution is -2.39. The van der Waals surface area contributed by atoms with E-state index in [0.29, 0.717) is 16.9 Å². The van der Waals surface area contributed by atoms with Crippen molar-refractivity contribution >= 4 is 32.9 Å². The molecule has 0 bridgehead atoms. The van der Waals surface area contributed by atoms with Gasteiger partial charge in [0.25, 0.3) is 5.56 Å². The molecule has 7 nitrogen and oxygen atoms in total. The molecule has 1 aromatic carbocycles. The van der Waals surface area contributed by atoms with Gasteiger partial charge in [0.05, 0.1) is 6.54 Å². The number of nitrogens with zero attached hydrogens (tertiary/aromatic N) is 5. The summed E-state index contributed by atoms with van der Waals surface area (Å²) in [5.41, 5.74) is 2.04. The Kier molecular flexibility index (Phi) is 3.87. The van der Waals surface area contributed by atoms with Crippen molar-refractivity contribution in [2.75, 3.05) is 0 Å². The summed E-state index contributed by atoms with van der Waals surface area (Å²) < 4.78 is 7.46. The van der Waals surface area contributed by atoms with Crippen LogP contribution in [0.1, 0.15) is 18.2 Å². The average molecular weight is 416 g/mol. The zero-order chi connectivity index (χ0) is 18.6. The number of hydrogen-bond acceptors (Lipinski definition) is 3. The summed E-state index contributed by atoms with van der Waals surface area (Å²) in [7, 11) is 1.65.